The number of azo groups is 2. The minimum absolute atomic E-state index is 0.00421. The van der Waals surface area contributed by atoms with Crippen LogP contribution in [-0.4, -0.2) is 25.9 Å². The van der Waals surface area contributed by atoms with Crippen molar-refractivity contribution < 1.29 is 25.9 Å². The molecular weight excluding hydrogens is 770 g/mol. The molecule has 12 nitrogen and oxygen atoms in total. The first-order chi connectivity index (χ1) is 23.5. The molecule has 0 aliphatic carbocycles. The van der Waals surface area contributed by atoms with Gasteiger partial charge in [0.1, 0.15) is 32.5 Å². The third-order valence-electron chi connectivity index (χ3n) is 7.48. The fourth-order valence-corrected chi connectivity index (χ4v) is 7.60. The number of nitrogens with zero attached hydrogens (tertiary/aromatic N) is 4. The molecule has 0 saturated carbocycles. The van der Waals surface area contributed by atoms with Gasteiger partial charge in [0.05, 0.1) is 31.5 Å². The number of nitrogens with two attached hydrogens (primary N) is 2. The summed E-state index contributed by atoms with van der Waals surface area (Å²) in [6, 6.07) is 21.7. The summed E-state index contributed by atoms with van der Waals surface area (Å²) >= 11 is 26.1. The molecule has 0 atom stereocenters. The zero-order valence-electron chi connectivity index (χ0n) is 24.9. The first-order valence-electron chi connectivity index (χ1n) is 13.9. The van der Waals surface area contributed by atoms with Crippen LogP contribution in [0.4, 0.5) is 34.1 Å². The van der Waals surface area contributed by atoms with Crippen LogP contribution in [0.1, 0.15) is 0 Å². The Morgan fingerprint density at radius 3 is 1.10 bits per heavy atom. The van der Waals surface area contributed by atoms with Gasteiger partial charge in [-0.15, -0.1) is 20.5 Å². The van der Waals surface area contributed by atoms with Gasteiger partial charge in [-0.05, 0) is 58.3 Å². The first-order valence-corrected chi connectivity index (χ1v) is 18.3. The largest absolute Gasteiger partial charge is 0.396 e. The summed E-state index contributed by atoms with van der Waals surface area (Å²) in [5.74, 6) is 0. The van der Waals surface area contributed by atoms with E-state index in [-0.39, 0.29) is 54.2 Å². The molecule has 6 aromatic rings. The Hall–Kier alpha value is -4.38. The van der Waals surface area contributed by atoms with Crippen molar-refractivity contribution >= 4 is 122 Å². The minimum Gasteiger partial charge on any atom is -0.396 e. The summed E-state index contributed by atoms with van der Waals surface area (Å²) in [5.41, 5.74) is 12.6. The van der Waals surface area contributed by atoms with Crippen LogP contribution in [0, 0.1) is 0 Å². The quantitative estimate of drug-likeness (QED) is 0.0692. The lowest BCUT2D eigenvalue weighted by Gasteiger charge is -2.11. The number of benzene rings is 6. The molecule has 0 saturated heterocycles. The number of nitrogen functional groups attached to an aromatic ring is 2. The van der Waals surface area contributed by atoms with Crippen LogP contribution in [0.15, 0.2) is 115 Å². The van der Waals surface area contributed by atoms with Crippen LogP contribution in [0.2, 0.25) is 20.1 Å². The number of fused-ring (bicyclic) bond motifs is 2. The molecule has 0 aliphatic rings. The molecule has 0 unspecified atom stereocenters. The maximum absolute atomic E-state index is 12.2. The average molecular weight is 790 g/mol. The summed E-state index contributed by atoms with van der Waals surface area (Å²) in [6.45, 7) is 0. The van der Waals surface area contributed by atoms with Crippen molar-refractivity contribution in [3.05, 3.63) is 105 Å². The molecule has 6 aromatic carbocycles. The van der Waals surface area contributed by atoms with E-state index in [9.17, 15) is 25.9 Å². The summed E-state index contributed by atoms with van der Waals surface area (Å²) < 4.78 is 68.4. The molecule has 0 amide bonds. The molecule has 18 heteroatoms. The van der Waals surface area contributed by atoms with E-state index in [0.29, 0.717) is 32.7 Å². The maximum atomic E-state index is 12.2. The van der Waals surface area contributed by atoms with Gasteiger partial charge in [0.25, 0.3) is 20.2 Å². The smallest absolute Gasteiger partial charge is 0.296 e. The summed E-state index contributed by atoms with van der Waals surface area (Å²) in [4.78, 5) is -1.11. The van der Waals surface area contributed by atoms with E-state index in [0.717, 1.165) is 0 Å². The van der Waals surface area contributed by atoms with E-state index in [1.165, 1.54) is 36.4 Å². The fourth-order valence-electron chi connectivity index (χ4n) is 5.13. The number of hydrogen-bond donors (Lipinski definition) is 4. The molecular formula is C32H20Cl4N6O6S2. The lowest BCUT2D eigenvalue weighted by atomic mass is 10.0. The van der Waals surface area contributed by atoms with Gasteiger partial charge in [0, 0.05) is 10.8 Å². The van der Waals surface area contributed by atoms with E-state index in [1.54, 1.807) is 48.5 Å². The van der Waals surface area contributed by atoms with Crippen LogP contribution in [0.3, 0.4) is 0 Å². The molecule has 0 fully saturated rings. The van der Waals surface area contributed by atoms with Crippen molar-refractivity contribution in [1.82, 2.24) is 0 Å². The van der Waals surface area contributed by atoms with Crippen molar-refractivity contribution in [1.29, 1.82) is 0 Å². The molecule has 0 aliphatic heterocycles. The lowest BCUT2D eigenvalue weighted by Crippen LogP contribution is -2.01. The van der Waals surface area contributed by atoms with Crippen LogP contribution >= 0.6 is 46.4 Å². The summed E-state index contributed by atoms with van der Waals surface area (Å²) in [5, 5.41) is 18.0. The number of halogens is 4. The summed E-state index contributed by atoms with van der Waals surface area (Å²) in [7, 11) is -9.50. The van der Waals surface area contributed by atoms with Crippen molar-refractivity contribution in [3.63, 3.8) is 0 Å². The number of hydrogen-bond acceptors (Lipinski definition) is 10. The lowest BCUT2D eigenvalue weighted by molar-refractivity contribution is 0.481. The van der Waals surface area contributed by atoms with E-state index < -0.39 is 30.0 Å². The van der Waals surface area contributed by atoms with Crippen molar-refractivity contribution in [2.75, 3.05) is 11.5 Å². The van der Waals surface area contributed by atoms with Gasteiger partial charge in [-0.1, -0.05) is 94.9 Å². The Kier molecular flexibility index (Phi) is 9.49. The number of anilines is 2. The molecule has 0 aromatic heterocycles. The van der Waals surface area contributed by atoms with Gasteiger partial charge < -0.3 is 11.5 Å². The van der Waals surface area contributed by atoms with E-state index >= 15 is 0 Å². The highest BCUT2D eigenvalue weighted by molar-refractivity contribution is 7.86. The van der Waals surface area contributed by atoms with Crippen LogP contribution in [0.25, 0.3) is 32.7 Å². The van der Waals surface area contributed by atoms with Crippen LogP contribution < -0.4 is 11.5 Å². The monoisotopic (exact) mass is 788 g/mol. The van der Waals surface area contributed by atoms with Crippen molar-refractivity contribution in [2.45, 2.75) is 9.79 Å². The second-order valence-corrected chi connectivity index (χ2v) is 15.1. The maximum Gasteiger partial charge on any atom is 0.296 e. The zero-order chi connectivity index (χ0) is 36.1. The van der Waals surface area contributed by atoms with Gasteiger partial charge >= 0.3 is 0 Å². The number of rotatable bonds is 7. The minimum atomic E-state index is -4.75. The zero-order valence-corrected chi connectivity index (χ0v) is 29.5. The third-order valence-corrected chi connectivity index (χ3v) is 10.4. The molecule has 0 heterocycles. The van der Waals surface area contributed by atoms with Crippen LogP contribution in [0.5, 0.6) is 0 Å². The molecule has 6 rings (SSSR count). The fraction of sp³-hybridized carbons (Fsp3) is 0. The molecule has 50 heavy (non-hydrogen) atoms. The topological polar surface area (TPSA) is 210 Å². The Balaban J connectivity index is 1.36. The second kappa shape index (κ2) is 13.4. The first kappa shape index (κ1) is 35.4. The van der Waals surface area contributed by atoms with Gasteiger partial charge in [-0.2, -0.15) is 16.8 Å². The molecule has 0 bridgehead atoms. The van der Waals surface area contributed by atoms with Gasteiger partial charge in [-0.25, -0.2) is 0 Å². The third kappa shape index (κ3) is 6.84. The summed E-state index contributed by atoms with van der Waals surface area (Å²) in [6.07, 6.45) is 0. The highest BCUT2D eigenvalue weighted by Gasteiger charge is 2.23. The standard InChI is InChI=1S/C32H20Cl4N6O6S2/c33-21-9-17(10-22(34)29(21)39-41-31-25(49(43,44)45)13-15-5-1-3-7-19(15)27(31)37)18-11-23(35)30(24(36)12-18)40-42-32-26(50(46,47)48)14-16-6-2-4-8-20(16)28(32)38/h1-14H,37-38H2,(H,43,44,45)(H,46,47,48). The van der Waals surface area contributed by atoms with Gasteiger partial charge in [0.15, 0.2) is 0 Å². The van der Waals surface area contributed by atoms with E-state index in [2.05, 4.69) is 20.5 Å². The Morgan fingerprint density at radius 2 is 0.780 bits per heavy atom. The predicted octanol–water partition coefficient (Wildman–Crippen LogP) is 10.8. The Bertz CT molecular complexity index is 2460. The Morgan fingerprint density at radius 1 is 0.480 bits per heavy atom. The van der Waals surface area contributed by atoms with Crippen molar-refractivity contribution in [2.24, 2.45) is 20.5 Å². The van der Waals surface area contributed by atoms with Crippen molar-refractivity contribution in [3.8, 4) is 11.1 Å². The van der Waals surface area contributed by atoms with Gasteiger partial charge in [0.2, 0.25) is 0 Å². The van der Waals surface area contributed by atoms with Gasteiger partial charge in [-0.3, -0.25) is 9.11 Å². The molecule has 6 N–H and O–H groups in total. The predicted molar refractivity (Wildman–Crippen MR) is 197 cm³/mol. The highest BCUT2D eigenvalue weighted by Crippen LogP contribution is 2.45. The molecule has 254 valence electrons. The Labute approximate surface area is 304 Å². The molecule has 0 radical (unpaired) electrons. The SMILES string of the molecule is Nc1c(N=Nc2c(Cl)cc(-c3cc(Cl)c(N=Nc4c(S(=O)(=O)O)cc5ccccc5c4N)c(Cl)c3)cc2Cl)c(S(=O)(=O)O)cc2ccccc12. The normalized spacial score (nSPS) is 12.5. The second-order valence-electron chi connectivity index (χ2n) is 10.6. The molecule has 0 spiro atoms. The van der Waals surface area contributed by atoms with E-state index in [4.69, 9.17) is 57.9 Å². The highest BCUT2D eigenvalue weighted by atomic mass is 35.5. The van der Waals surface area contributed by atoms with E-state index in [1.807, 2.05) is 0 Å². The average Bonchev–Trinajstić information content (AvgIpc) is 3.04. The van der Waals surface area contributed by atoms with Crippen LogP contribution in [-0.2, 0) is 20.2 Å².